The smallest absolute Gasteiger partial charge is 0.268 e. The molecule has 4 heteroatoms. The number of carbonyl (C=O) groups is 1. The highest BCUT2D eigenvalue weighted by Gasteiger charge is 2.49. The minimum absolute atomic E-state index is 0.0169. The van der Waals surface area contributed by atoms with Gasteiger partial charge in [-0.1, -0.05) is 6.07 Å². The van der Waals surface area contributed by atoms with Gasteiger partial charge in [0.1, 0.15) is 0 Å². The van der Waals surface area contributed by atoms with E-state index in [1.165, 1.54) is 0 Å². The molecule has 0 bridgehead atoms. The minimum atomic E-state index is -0.561. The number of benzene rings is 1. The molecule has 3 rings (SSSR count). The molecule has 0 saturated heterocycles. The Morgan fingerprint density at radius 2 is 2.20 bits per heavy atom. The fraction of sp³-hybridized carbons (Fsp3) is 0.364. The van der Waals surface area contributed by atoms with Crippen molar-refractivity contribution in [3.8, 4) is 5.75 Å². The van der Waals surface area contributed by atoms with E-state index < -0.39 is 5.60 Å². The van der Waals surface area contributed by atoms with Gasteiger partial charge in [-0.3, -0.25) is 4.79 Å². The van der Waals surface area contributed by atoms with Crippen molar-refractivity contribution in [1.29, 1.82) is 0 Å². The summed E-state index contributed by atoms with van der Waals surface area (Å²) in [5.74, 6) is 0.848. The van der Waals surface area contributed by atoms with Gasteiger partial charge >= 0.3 is 0 Å². The molecular formula is C11H10INO2. The first-order chi connectivity index (χ1) is 7.21. The van der Waals surface area contributed by atoms with Crippen LogP contribution in [0.25, 0.3) is 0 Å². The topological polar surface area (TPSA) is 38.3 Å². The number of para-hydroxylation sites is 1. The number of ether oxygens (including phenoxy) is 1. The lowest BCUT2D eigenvalue weighted by Gasteiger charge is -2.43. The molecule has 1 aliphatic heterocycles. The molecule has 1 aromatic rings. The van der Waals surface area contributed by atoms with Gasteiger partial charge in [-0.25, -0.2) is 0 Å². The normalized spacial score (nSPS) is 21.3. The summed E-state index contributed by atoms with van der Waals surface area (Å²) in [6.45, 7) is 0. The molecule has 0 aromatic heterocycles. The minimum Gasteiger partial charge on any atom is -0.474 e. The van der Waals surface area contributed by atoms with E-state index in [4.69, 9.17) is 4.74 Å². The van der Waals surface area contributed by atoms with Gasteiger partial charge in [0.25, 0.3) is 5.91 Å². The molecule has 3 nitrogen and oxygen atoms in total. The highest BCUT2D eigenvalue weighted by Crippen LogP contribution is 2.45. The molecule has 1 N–H and O–H groups in total. The van der Waals surface area contributed by atoms with Gasteiger partial charge in [-0.2, -0.15) is 0 Å². The number of rotatable bonds is 0. The number of amides is 1. The van der Waals surface area contributed by atoms with Crippen molar-refractivity contribution in [3.63, 3.8) is 0 Å². The number of halogens is 1. The maximum atomic E-state index is 11.8. The highest BCUT2D eigenvalue weighted by atomic mass is 127. The summed E-state index contributed by atoms with van der Waals surface area (Å²) in [6, 6.07) is 5.78. The Bertz CT molecular complexity index is 440. The van der Waals surface area contributed by atoms with Crippen LogP contribution in [0.15, 0.2) is 18.2 Å². The molecule has 0 radical (unpaired) electrons. The van der Waals surface area contributed by atoms with Crippen molar-refractivity contribution in [1.82, 2.24) is 0 Å². The summed E-state index contributed by atoms with van der Waals surface area (Å²) in [7, 11) is 0. The molecule has 0 atom stereocenters. The third-order valence-electron chi connectivity index (χ3n) is 3.09. The predicted octanol–water partition coefficient (Wildman–Crippen LogP) is 2.54. The molecule has 15 heavy (non-hydrogen) atoms. The Kier molecular flexibility index (Phi) is 1.95. The zero-order valence-electron chi connectivity index (χ0n) is 8.05. The molecule has 1 aromatic carbocycles. The van der Waals surface area contributed by atoms with E-state index in [2.05, 4.69) is 27.9 Å². The first-order valence-electron chi connectivity index (χ1n) is 5.00. The van der Waals surface area contributed by atoms with Crippen LogP contribution in [0.5, 0.6) is 5.75 Å². The molecule has 0 unspecified atom stereocenters. The number of nitrogens with one attached hydrogen (secondary N) is 1. The number of hydrogen-bond acceptors (Lipinski definition) is 2. The third-order valence-corrected chi connectivity index (χ3v) is 3.94. The average Bonchev–Trinajstić information content (AvgIpc) is 2.15. The quantitative estimate of drug-likeness (QED) is 0.747. The molecule has 1 fully saturated rings. The first kappa shape index (κ1) is 9.45. The van der Waals surface area contributed by atoms with Gasteiger partial charge in [0.05, 0.1) is 9.26 Å². The Hall–Kier alpha value is -0.780. The van der Waals surface area contributed by atoms with Crippen LogP contribution in [-0.2, 0) is 4.79 Å². The van der Waals surface area contributed by atoms with E-state index in [0.717, 1.165) is 34.3 Å². The van der Waals surface area contributed by atoms with E-state index in [1.54, 1.807) is 0 Å². The average molecular weight is 315 g/mol. The summed E-state index contributed by atoms with van der Waals surface area (Å²) >= 11 is 2.23. The number of anilines is 1. The zero-order chi connectivity index (χ0) is 10.5. The fourth-order valence-electron chi connectivity index (χ4n) is 2.02. The number of carbonyl (C=O) groups excluding carboxylic acids is 1. The van der Waals surface area contributed by atoms with Crippen LogP contribution in [0.2, 0.25) is 0 Å². The van der Waals surface area contributed by atoms with E-state index in [9.17, 15) is 4.79 Å². The predicted molar refractivity (Wildman–Crippen MR) is 65.0 cm³/mol. The molecule has 1 heterocycles. The molecule has 2 aliphatic rings. The maximum absolute atomic E-state index is 11.8. The molecular weight excluding hydrogens is 305 g/mol. The van der Waals surface area contributed by atoms with Crippen LogP contribution in [0.4, 0.5) is 5.69 Å². The largest absolute Gasteiger partial charge is 0.474 e. The standard InChI is InChI=1S/C11H10INO2/c12-7-3-1-4-8-9(7)15-11(5-2-6-11)10(14)13-8/h1,3-4H,2,5-6H2,(H,13,14). The molecule has 1 saturated carbocycles. The Labute approximate surface area is 101 Å². The van der Waals surface area contributed by atoms with Crippen molar-refractivity contribution in [2.75, 3.05) is 5.32 Å². The Balaban J connectivity index is 2.07. The summed E-state index contributed by atoms with van der Waals surface area (Å²) < 4.78 is 6.93. The van der Waals surface area contributed by atoms with Crippen LogP contribution in [-0.4, -0.2) is 11.5 Å². The van der Waals surface area contributed by atoms with Crippen molar-refractivity contribution in [2.45, 2.75) is 24.9 Å². The molecule has 1 spiro atoms. The van der Waals surface area contributed by atoms with Gasteiger partial charge in [0, 0.05) is 0 Å². The lowest BCUT2D eigenvalue weighted by molar-refractivity contribution is -0.140. The monoisotopic (exact) mass is 315 g/mol. The second-order valence-corrected chi connectivity index (χ2v) is 5.18. The van der Waals surface area contributed by atoms with Crippen LogP contribution in [0.3, 0.4) is 0 Å². The maximum Gasteiger partial charge on any atom is 0.268 e. The van der Waals surface area contributed by atoms with E-state index in [0.29, 0.717) is 0 Å². The molecule has 78 valence electrons. The summed E-state index contributed by atoms with van der Waals surface area (Å²) in [6.07, 6.45) is 2.75. The van der Waals surface area contributed by atoms with E-state index in [-0.39, 0.29) is 5.91 Å². The van der Waals surface area contributed by atoms with Gasteiger partial charge in [0.2, 0.25) is 0 Å². The van der Waals surface area contributed by atoms with Crippen LogP contribution >= 0.6 is 22.6 Å². The van der Waals surface area contributed by atoms with Crippen LogP contribution in [0.1, 0.15) is 19.3 Å². The van der Waals surface area contributed by atoms with Crippen molar-refractivity contribution in [3.05, 3.63) is 21.8 Å². The lowest BCUT2D eigenvalue weighted by Crippen LogP contribution is -2.55. The number of hydrogen-bond donors (Lipinski definition) is 1. The Morgan fingerprint density at radius 3 is 2.87 bits per heavy atom. The van der Waals surface area contributed by atoms with E-state index in [1.807, 2.05) is 18.2 Å². The first-order valence-corrected chi connectivity index (χ1v) is 6.08. The van der Waals surface area contributed by atoms with Crippen LogP contribution in [0, 0.1) is 3.57 Å². The molecule has 1 aliphatic carbocycles. The second-order valence-electron chi connectivity index (χ2n) is 4.02. The summed E-state index contributed by atoms with van der Waals surface area (Å²) in [4.78, 5) is 11.8. The number of fused-ring (bicyclic) bond motifs is 1. The van der Waals surface area contributed by atoms with Gasteiger partial charge in [-0.15, -0.1) is 0 Å². The van der Waals surface area contributed by atoms with Crippen molar-refractivity contribution in [2.24, 2.45) is 0 Å². The zero-order valence-corrected chi connectivity index (χ0v) is 10.2. The lowest BCUT2D eigenvalue weighted by atomic mass is 9.78. The van der Waals surface area contributed by atoms with Crippen molar-refractivity contribution < 1.29 is 9.53 Å². The van der Waals surface area contributed by atoms with E-state index >= 15 is 0 Å². The fourth-order valence-corrected chi connectivity index (χ4v) is 2.62. The third kappa shape index (κ3) is 1.27. The van der Waals surface area contributed by atoms with Gasteiger partial charge in [0.15, 0.2) is 11.4 Å². The highest BCUT2D eigenvalue weighted by molar-refractivity contribution is 14.1. The second kappa shape index (κ2) is 3.10. The van der Waals surface area contributed by atoms with Crippen LogP contribution < -0.4 is 10.1 Å². The summed E-state index contributed by atoms with van der Waals surface area (Å²) in [5, 5.41) is 2.92. The Morgan fingerprint density at radius 1 is 1.40 bits per heavy atom. The van der Waals surface area contributed by atoms with Crippen molar-refractivity contribution >= 4 is 34.2 Å². The molecule has 1 amide bonds. The summed E-state index contributed by atoms with van der Waals surface area (Å²) in [5.41, 5.74) is 0.235. The SMILES string of the molecule is O=C1Nc2cccc(I)c2OC12CCC2. The van der Waals surface area contributed by atoms with Gasteiger partial charge in [-0.05, 0) is 54.0 Å². The van der Waals surface area contributed by atoms with Gasteiger partial charge < -0.3 is 10.1 Å².